The molecule has 23 heavy (non-hydrogen) atoms. The van der Waals surface area contributed by atoms with E-state index in [9.17, 15) is 13.2 Å². The zero-order valence-electron chi connectivity index (χ0n) is 12.2. The summed E-state index contributed by atoms with van der Waals surface area (Å²) in [5.41, 5.74) is -0.952. The van der Waals surface area contributed by atoms with Crippen LogP contribution >= 0.6 is 11.6 Å². The smallest absolute Gasteiger partial charge is 0.342 e. The van der Waals surface area contributed by atoms with E-state index in [0.717, 1.165) is 6.07 Å². The van der Waals surface area contributed by atoms with E-state index in [-0.39, 0.29) is 29.8 Å². The normalized spacial score (nSPS) is 25.0. The molecule has 1 saturated heterocycles. The number of ether oxygens (including phenoxy) is 2. The van der Waals surface area contributed by atoms with E-state index in [1.807, 2.05) is 0 Å². The van der Waals surface area contributed by atoms with Gasteiger partial charge in [-0.05, 0) is 19.1 Å². The SMILES string of the molecule is CC1COC(Cn2ccnc2)(c2ccc(Cl)cc2C(F)(F)F)O1. The van der Waals surface area contributed by atoms with Crippen LogP contribution in [-0.2, 0) is 28.0 Å². The zero-order valence-corrected chi connectivity index (χ0v) is 12.9. The van der Waals surface area contributed by atoms with E-state index >= 15 is 0 Å². The first-order valence-corrected chi connectivity index (χ1v) is 7.33. The number of halogens is 4. The van der Waals surface area contributed by atoms with Gasteiger partial charge in [0.15, 0.2) is 0 Å². The van der Waals surface area contributed by atoms with E-state index < -0.39 is 17.5 Å². The molecule has 0 spiro atoms. The summed E-state index contributed by atoms with van der Waals surface area (Å²) in [6.45, 7) is 2.01. The lowest BCUT2D eigenvalue weighted by molar-refractivity contribution is -0.193. The summed E-state index contributed by atoms with van der Waals surface area (Å²) in [5, 5.41) is 0.00454. The molecule has 4 nitrogen and oxygen atoms in total. The highest BCUT2D eigenvalue weighted by Gasteiger charge is 2.48. The van der Waals surface area contributed by atoms with Crippen molar-refractivity contribution >= 4 is 11.6 Å². The third-order valence-electron chi connectivity index (χ3n) is 3.59. The lowest BCUT2D eigenvalue weighted by atomic mass is 9.98. The van der Waals surface area contributed by atoms with Crippen molar-refractivity contribution in [1.82, 2.24) is 9.55 Å². The van der Waals surface area contributed by atoms with Gasteiger partial charge in [0.25, 0.3) is 0 Å². The van der Waals surface area contributed by atoms with Crippen LogP contribution < -0.4 is 0 Å². The second kappa shape index (κ2) is 5.81. The molecule has 0 radical (unpaired) electrons. The Morgan fingerprint density at radius 3 is 2.78 bits per heavy atom. The van der Waals surface area contributed by atoms with Crippen molar-refractivity contribution in [3.63, 3.8) is 0 Å². The molecule has 2 unspecified atom stereocenters. The van der Waals surface area contributed by atoms with Crippen LogP contribution in [0.15, 0.2) is 36.9 Å². The van der Waals surface area contributed by atoms with Gasteiger partial charge in [-0.1, -0.05) is 17.7 Å². The van der Waals surface area contributed by atoms with Gasteiger partial charge in [0.1, 0.15) is 0 Å². The van der Waals surface area contributed by atoms with E-state index in [0.29, 0.717) is 0 Å². The molecule has 3 rings (SSSR count). The Morgan fingerprint density at radius 2 is 2.22 bits per heavy atom. The van der Waals surface area contributed by atoms with E-state index in [1.54, 1.807) is 23.9 Å². The maximum absolute atomic E-state index is 13.4. The first-order valence-electron chi connectivity index (χ1n) is 6.95. The monoisotopic (exact) mass is 346 g/mol. The van der Waals surface area contributed by atoms with Crippen molar-refractivity contribution in [3.05, 3.63) is 53.1 Å². The molecule has 2 heterocycles. The first kappa shape index (κ1) is 16.3. The first-order chi connectivity index (χ1) is 10.8. The molecule has 1 aliphatic rings. The molecule has 0 bridgehead atoms. The van der Waals surface area contributed by atoms with Crippen LogP contribution in [0.3, 0.4) is 0 Å². The Labute approximate surface area is 135 Å². The summed E-state index contributed by atoms with van der Waals surface area (Å²) in [7, 11) is 0. The molecule has 2 aromatic rings. The number of alkyl halides is 3. The Morgan fingerprint density at radius 1 is 1.43 bits per heavy atom. The topological polar surface area (TPSA) is 36.3 Å². The number of nitrogens with zero attached hydrogens (tertiary/aromatic N) is 2. The molecule has 1 aromatic heterocycles. The van der Waals surface area contributed by atoms with Crippen LogP contribution in [0, 0.1) is 0 Å². The predicted octanol–water partition coefficient (Wildman–Crippen LogP) is 3.84. The Hall–Kier alpha value is -1.57. The molecule has 1 aliphatic heterocycles. The maximum atomic E-state index is 13.4. The van der Waals surface area contributed by atoms with Gasteiger partial charge in [0.05, 0.1) is 31.1 Å². The molecule has 0 saturated carbocycles. The van der Waals surface area contributed by atoms with Crippen LogP contribution in [0.2, 0.25) is 5.02 Å². The second-order valence-electron chi connectivity index (χ2n) is 5.42. The van der Waals surface area contributed by atoms with Crippen molar-refractivity contribution in [1.29, 1.82) is 0 Å². The Balaban J connectivity index is 2.11. The van der Waals surface area contributed by atoms with E-state index in [4.69, 9.17) is 21.1 Å². The molecule has 0 N–H and O–H groups in total. The summed E-state index contributed by atoms with van der Waals surface area (Å²) < 4.78 is 53.4. The molecule has 0 amide bonds. The van der Waals surface area contributed by atoms with Crippen molar-refractivity contribution in [2.24, 2.45) is 0 Å². The summed E-state index contributed by atoms with van der Waals surface area (Å²) in [5.74, 6) is -1.53. The quantitative estimate of drug-likeness (QED) is 0.847. The summed E-state index contributed by atoms with van der Waals surface area (Å²) in [4.78, 5) is 3.90. The van der Waals surface area contributed by atoms with Crippen LogP contribution in [0.5, 0.6) is 0 Å². The van der Waals surface area contributed by atoms with Gasteiger partial charge < -0.3 is 14.0 Å². The van der Waals surface area contributed by atoms with Gasteiger partial charge in [-0.15, -0.1) is 0 Å². The maximum Gasteiger partial charge on any atom is 0.416 e. The molecular formula is C15H14ClF3N2O2. The number of rotatable bonds is 3. The van der Waals surface area contributed by atoms with Crippen molar-refractivity contribution in [2.45, 2.75) is 31.5 Å². The molecule has 2 atom stereocenters. The molecule has 0 aliphatic carbocycles. The van der Waals surface area contributed by atoms with Gasteiger partial charge in [-0.2, -0.15) is 13.2 Å². The Bertz CT molecular complexity index is 691. The lowest BCUT2D eigenvalue weighted by Gasteiger charge is -2.31. The van der Waals surface area contributed by atoms with Crippen LogP contribution in [0.1, 0.15) is 18.1 Å². The number of hydrogen-bond acceptors (Lipinski definition) is 3. The van der Waals surface area contributed by atoms with Crippen molar-refractivity contribution in [2.75, 3.05) is 6.61 Å². The second-order valence-corrected chi connectivity index (χ2v) is 5.85. The third kappa shape index (κ3) is 3.22. The fourth-order valence-electron chi connectivity index (χ4n) is 2.66. The van der Waals surface area contributed by atoms with Crippen LogP contribution in [0.25, 0.3) is 0 Å². The minimum Gasteiger partial charge on any atom is -0.342 e. The van der Waals surface area contributed by atoms with E-state index in [2.05, 4.69) is 4.98 Å². The zero-order chi connectivity index (χ0) is 16.7. The largest absolute Gasteiger partial charge is 0.416 e. The Kier molecular flexibility index (Phi) is 4.12. The average molecular weight is 347 g/mol. The molecule has 1 aromatic carbocycles. The number of imidazole rings is 1. The van der Waals surface area contributed by atoms with Crippen molar-refractivity contribution in [3.8, 4) is 0 Å². The predicted molar refractivity (Wildman–Crippen MR) is 76.9 cm³/mol. The highest BCUT2D eigenvalue weighted by molar-refractivity contribution is 6.30. The fourth-order valence-corrected chi connectivity index (χ4v) is 2.83. The number of aromatic nitrogens is 2. The summed E-state index contributed by atoms with van der Waals surface area (Å²) in [6.07, 6.45) is -0.212. The average Bonchev–Trinajstić information content (AvgIpc) is 3.09. The van der Waals surface area contributed by atoms with Crippen LogP contribution in [-0.4, -0.2) is 22.3 Å². The third-order valence-corrected chi connectivity index (χ3v) is 3.83. The van der Waals surface area contributed by atoms with Gasteiger partial charge in [0, 0.05) is 23.0 Å². The van der Waals surface area contributed by atoms with Gasteiger partial charge in [-0.3, -0.25) is 0 Å². The fraction of sp³-hybridized carbons (Fsp3) is 0.400. The molecular weight excluding hydrogens is 333 g/mol. The molecule has 8 heteroatoms. The molecule has 1 fully saturated rings. The lowest BCUT2D eigenvalue weighted by Crippen LogP contribution is -2.35. The van der Waals surface area contributed by atoms with Gasteiger partial charge in [-0.25, -0.2) is 4.98 Å². The summed E-state index contributed by atoms with van der Waals surface area (Å²) >= 11 is 5.75. The molecule has 124 valence electrons. The minimum absolute atomic E-state index is 0.00454. The van der Waals surface area contributed by atoms with Gasteiger partial charge >= 0.3 is 6.18 Å². The number of benzene rings is 1. The van der Waals surface area contributed by atoms with E-state index in [1.165, 1.54) is 18.5 Å². The summed E-state index contributed by atoms with van der Waals surface area (Å²) in [6, 6.07) is 3.60. The minimum atomic E-state index is -4.57. The van der Waals surface area contributed by atoms with Crippen molar-refractivity contribution < 1.29 is 22.6 Å². The highest BCUT2D eigenvalue weighted by Crippen LogP contribution is 2.43. The highest BCUT2D eigenvalue weighted by atomic mass is 35.5. The standard InChI is InChI=1S/C15H14ClF3N2O2/c1-10-7-22-14(23-10,8-21-5-4-20-9-21)12-3-2-11(16)6-13(12)15(17,18)19/h2-6,9-10H,7-8H2,1H3. The van der Waals surface area contributed by atoms with Gasteiger partial charge in [0.2, 0.25) is 5.79 Å². The number of hydrogen-bond donors (Lipinski definition) is 0. The van der Waals surface area contributed by atoms with Crippen LogP contribution in [0.4, 0.5) is 13.2 Å².